The molecule has 0 bridgehead atoms. The van der Waals surface area contributed by atoms with Crippen LogP contribution in [0, 0.1) is 5.92 Å². The number of rotatable bonds is 3. The quantitative estimate of drug-likeness (QED) is 0.787. The van der Waals surface area contributed by atoms with Crippen LogP contribution in [-0.2, 0) is 9.53 Å². The molecule has 4 nitrogen and oxygen atoms in total. The molecule has 0 spiro atoms. The minimum Gasteiger partial charge on any atom is -0.481 e. The van der Waals surface area contributed by atoms with Crippen LogP contribution in [0.15, 0.2) is 24.3 Å². The van der Waals surface area contributed by atoms with Crippen LogP contribution in [0.4, 0.5) is 0 Å². The number of hydrogen-bond donors (Lipinski definition) is 1. The van der Waals surface area contributed by atoms with Gasteiger partial charge in [0.05, 0.1) is 18.6 Å². The molecule has 2 rings (SSSR count). The summed E-state index contributed by atoms with van der Waals surface area (Å²) in [6.45, 7) is 0. The number of carboxylic acid groups (broad SMARTS) is 1. The third-order valence-corrected chi connectivity index (χ3v) is 2.84. The Morgan fingerprint density at radius 1 is 1.44 bits per heavy atom. The lowest BCUT2D eigenvalue weighted by Crippen LogP contribution is -2.02. The zero-order valence-corrected chi connectivity index (χ0v) is 8.84. The molecule has 2 atom stereocenters. The van der Waals surface area contributed by atoms with E-state index < -0.39 is 11.9 Å². The number of methoxy groups -OCH3 is 1. The molecule has 0 radical (unpaired) electrons. The number of esters is 1. The summed E-state index contributed by atoms with van der Waals surface area (Å²) in [5.41, 5.74) is 1.37. The fourth-order valence-electron chi connectivity index (χ4n) is 1.85. The van der Waals surface area contributed by atoms with Crippen LogP contribution in [0.1, 0.15) is 28.3 Å². The fraction of sp³-hybridized carbons (Fsp3) is 0.333. The van der Waals surface area contributed by atoms with Gasteiger partial charge in [-0.25, -0.2) is 4.79 Å². The number of carbonyl (C=O) groups is 2. The van der Waals surface area contributed by atoms with E-state index in [0.29, 0.717) is 12.0 Å². The summed E-state index contributed by atoms with van der Waals surface area (Å²) < 4.78 is 4.61. The van der Waals surface area contributed by atoms with Gasteiger partial charge in [0.15, 0.2) is 0 Å². The van der Waals surface area contributed by atoms with Gasteiger partial charge in [0.2, 0.25) is 0 Å². The van der Waals surface area contributed by atoms with Gasteiger partial charge in [-0.1, -0.05) is 12.1 Å². The molecule has 1 aliphatic rings. The highest BCUT2D eigenvalue weighted by Gasteiger charge is 2.44. The van der Waals surface area contributed by atoms with Crippen molar-refractivity contribution >= 4 is 11.9 Å². The van der Waals surface area contributed by atoms with Crippen LogP contribution in [0.5, 0.6) is 0 Å². The smallest absolute Gasteiger partial charge is 0.337 e. The summed E-state index contributed by atoms with van der Waals surface area (Å²) in [5.74, 6) is -1.42. The number of aliphatic carboxylic acids is 1. The van der Waals surface area contributed by atoms with Crippen LogP contribution >= 0.6 is 0 Å². The molecule has 0 amide bonds. The maximum atomic E-state index is 11.3. The highest BCUT2D eigenvalue weighted by Crippen LogP contribution is 2.47. The number of ether oxygens (including phenoxy) is 1. The molecule has 0 aliphatic heterocycles. The zero-order chi connectivity index (χ0) is 11.7. The molecule has 1 aromatic carbocycles. The molecule has 0 saturated heterocycles. The Balaban J connectivity index is 2.18. The minimum absolute atomic E-state index is 0.0436. The molecule has 0 heterocycles. The van der Waals surface area contributed by atoms with Gasteiger partial charge in [0, 0.05) is 0 Å². The minimum atomic E-state index is -0.770. The van der Waals surface area contributed by atoms with Crippen molar-refractivity contribution in [3.8, 4) is 0 Å². The van der Waals surface area contributed by atoms with Gasteiger partial charge in [-0.2, -0.15) is 0 Å². The summed E-state index contributed by atoms with van der Waals surface area (Å²) in [7, 11) is 1.33. The van der Waals surface area contributed by atoms with Crippen LogP contribution in [0.25, 0.3) is 0 Å². The normalized spacial score (nSPS) is 22.6. The number of carboxylic acids is 1. The van der Waals surface area contributed by atoms with E-state index in [4.69, 9.17) is 5.11 Å². The van der Waals surface area contributed by atoms with Gasteiger partial charge in [-0.05, 0) is 30.0 Å². The molecular formula is C12H12O4. The van der Waals surface area contributed by atoms with Gasteiger partial charge in [-0.15, -0.1) is 0 Å². The first-order valence-corrected chi connectivity index (χ1v) is 5.04. The van der Waals surface area contributed by atoms with Crippen molar-refractivity contribution in [2.24, 2.45) is 5.92 Å². The first-order valence-electron chi connectivity index (χ1n) is 5.04. The maximum Gasteiger partial charge on any atom is 0.337 e. The standard InChI is InChI=1S/C12H12O4/c1-16-12(15)8-4-2-3-7(5-8)9-6-10(9)11(13)14/h2-5,9-10H,6H2,1H3,(H,13,14)/t9-,10-/m1/s1. The second-order valence-electron chi connectivity index (χ2n) is 3.90. The average Bonchev–Trinajstić information content (AvgIpc) is 3.08. The van der Waals surface area contributed by atoms with Crippen molar-refractivity contribution in [3.05, 3.63) is 35.4 Å². The Hall–Kier alpha value is -1.84. The highest BCUT2D eigenvalue weighted by atomic mass is 16.5. The summed E-state index contributed by atoms with van der Waals surface area (Å²) >= 11 is 0. The zero-order valence-electron chi connectivity index (χ0n) is 8.84. The maximum absolute atomic E-state index is 11.3. The van der Waals surface area contributed by atoms with E-state index in [2.05, 4.69) is 4.74 Å². The number of benzene rings is 1. The average molecular weight is 220 g/mol. The van der Waals surface area contributed by atoms with E-state index in [1.807, 2.05) is 6.07 Å². The fourth-order valence-corrected chi connectivity index (χ4v) is 1.85. The van der Waals surface area contributed by atoms with Gasteiger partial charge >= 0.3 is 11.9 Å². The van der Waals surface area contributed by atoms with Gasteiger partial charge in [-0.3, -0.25) is 4.79 Å². The Morgan fingerprint density at radius 3 is 2.75 bits per heavy atom. The Morgan fingerprint density at radius 2 is 2.19 bits per heavy atom. The van der Waals surface area contributed by atoms with Crippen LogP contribution in [0.2, 0.25) is 0 Å². The molecule has 1 saturated carbocycles. The molecule has 1 aliphatic carbocycles. The summed E-state index contributed by atoms with van der Waals surface area (Å²) in [6, 6.07) is 6.96. The molecule has 1 fully saturated rings. The SMILES string of the molecule is COC(=O)c1cccc([C@H]2C[C@H]2C(=O)O)c1. The second kappa shape index (κ2) is 3.96. The summed E-state index contributed by atoms with van der Waals surface area (Å²) in [5, 5.41) is 8.82. The monoisotopic (exact) mass is 220 g/mol. The van der Waals surface area contributed by atoms with Crippen molar-refractivity contribution in [1.29, 1.82) is 0 Å². The first-order chi connectivity index (χ1) is 7.63. The molecule has 16 heavy (non-hydrogen) atoms. The van der Waals surface area contributed by atoms with Gasteiger partial charge in [0.1, 0.15) is 0 Å². The van der Waals surface area contributed by atoms with E-state index in [-0.39, 0.29) is 11.8 Å². The number of carbonyl (C=O) groups excluding carboxylic acids is 1. The molecule has 1 N–H and O–H groups in total. The predicted molar refractivity (Wildman–Crippen MR) is 56.3 cm³/mol. The van der Waals surface area contributed by atoms with Crippen molar-refractivity contribution in [1.82, 2.24) is 0 Å². The molecule has 84 valence electrons. The Bertz CT molecular complexity index is 438. The van der Waals surface area contributed by atoms with Gasteiger partial charge < -0.3 is 9.84 Å². The van der Waals surface area contributed by atoms with Crippen LogP contribution < -0.4 is 0 Å². The van der Waals surface area contributed by atoms with Gasteiger partial charge in [0.25, 0.3) is 0 Å². The lowest BCUT2D eigenvalue weighted by molar-refractivity contribution is -0.138. The van der Waals surface area contributed by atoms with E-state index in [1.165, 1.54) is 7.11 Å². The molecule has 0 unspecified atom stereocenters. The lowest BCUT2D eigenvalue weighted by Gasteiger charge is -2.02. The summed E-state index contributed by atoms with van der Waals surface area (Å²) in [6.07, 6.45) is 0.653. The van der Waals surface area contributed by atoms with E-state index in [0.717, 1.165) is 5.56 Å². The largest absolute Gasteiger partial charge is 0.481 e. The molecule has 4 heteroatoms. The van der Waals surface area contributed by atoms with Crippen LogP contribution in [0.3, 0.4) is 0 Å². The Kier molecular flexibility index (Phi) is 2.64. The third kappa shape index (κ3) is 1.91. The van der Waals surface area contributed by atoms with Crippen molar-refractivity contribution in [3.63, 3.8) is 0 Å². The molecular weight excluding hydrogens is 208 g/mol. The highest BCUT2D eigenvalue weighted by molar-refractivity contribution is 5.89. The Labute approximate surface area is 92.8 Å². The third-order valence-electron chi connectivity index (χ3n) is 2.84. The molecule has 0 aromatic heterocycles. The van der Waals surface area contributed by atoms with Crippen molar-refractivity contribution < 1.29 is 19.4 Å². The summed E-state index contributed by atoms with van der Waals surface area (Å²) in [4.78, 5) is 22.0. The van der Waals surface area contributed by atoms with E-state index in [9.17, 15) is 9.59 Å². The topological polar surface area (TPSA) is 63.6 Å². The van der Waals surface area contributed by atoms with E-state index in [1.54, 1.807) is 18.2 Å². The van der Waals surface area contributed by atoms with Crippen LogP contribution in [-0.4, -0.2) is 24.2 Å². The van der Waals surface area contributed by atoms with Crippen molar-refractivity contribution in [2.75, 3.05) is 7.11 Å². The lowest BCUT2D eigenvalue weighted by atomic mass is 10.1. The van der Waals surface area contributed by atoms with Crippen molar-refractivity contribution in [2.45, 2.75) is 12.3 Å². The number of hydrogen-bond acceptors (Lipinski definition) is 3. The second-order valence-corrected chi connectivity index (χ2v) is 3.90. The molecule has 1 aromatic rings. The predicted octanol–water partition coefficient (Wildman–Crippen LogP) is 1.66. The first kappa shape index (κ1) is 10.7. The van der Waals surface area contributed by atoms with E-state index >= 15 is 0 Å².